The molecule has 0 heterocycles. The Kier molecular flexibility index (Phi) is 5.23. The second-order valence-corrected chi connectivity index (χ2v) is 6.40. The summed E-state index contributed by atoms with van der Waals surface area (Å²) in [4.78, 5) is 12.0. The molecule has 0 saturated heterocycles. The van der Waals surface area contributed by atoms with Crippen LogP contribution in [0.3, 0.4) is 0 Å². The van der Waals surface area contributed by atoms with Gasteiger partial charge in [-0.15, -0.1) is 0 Å². The summed E-state index contributed by atoms with van der Waals surface area (Å²) in [7, 11) is 1.61. The monoisotopic (exact) mass is 328 g/mol. The van der Waals surface area contributed by atoms with Crippen molar-refractivity contribution in [3.63, 3.8) is 0 Å². The van der Waals surface area contributed by atoms with E-state index in [2.05, 4.69) is 26.6 Å². The summed E-state index contributed by atoms with van der Waals surface area (Å²) >= 11 is 3.41. The van der Waals surface area contributed by atoms with E-state index in [1.165, 1.54) is 0 Å². The van der Waals surface area contributed by atoms with E-state index >= 15 is 0 Å². The minimum absolute atomic E-state index is 0.0357. The number of carbonyl (C=O) groups is 1. The van der Waals surface area contributed by atoms with Crippen LogP contribution in [0.4, 0.5) is 5.69 Å². The molecule has 1 amide bonds. The molecular formula is C14H21BrN2O2. The third-order valence-electron chi connectivity index (χ3n) is 2.38. The van der Waals surface area contributed by atoms with Gasteiger partial charge in [-0.25, -0.2) is 0 Å². The topological polar surface area (TPSA) is 50.4 Å². The maximum absolute atomic E-state index is 12.0. The number of amides is 1. The van der Waals surface area contributed by atoms with Crippen LogP contribution in [0, 0.1) is 0 Å². The molecule has 0 saturated carbocycles. The Morgan fingerprint density at radius 3 is 2.47 bits per heavy atom. The van der Waals surface area contributed by atoms with E-state index in [1.54, 1.807) is 7.11 Å². The van der Waals surface area contributed by atoms with Gasteiger partial charge in [0.2, 0.25) is 5.91 Å². The Morgan fingerprint density at radius 2 is 1.95 bits per heavy atom. The lowest BCUT2D eigenvalue weighted by molar-refractivity contribution is -0.122. The lowest BCUT2D eigenvalue weighted by atomic mass is 10.1. The van der Waals surface area contributed by atoms with Crippen LogP contribution >= 0.6 is 15.9 Å². The highest BCUT2D eigenvalue weighted by Crippen LogP contribution is 2.24. The van der Waals surface area contributed by atoms with Crippen molar-refractivity contribution in [1.29, 1.82) is 0 Å². The van der Waals surface area contributed by atoms with Crippen LogP contribution in [0.25, 0.3) is 0 Å². The van der Waals surface area contributed by atoms with E-state index in [4.69, 9.17) is 4.74 Å². The van der Waals surface area contributed by atoms with Crippen LogP contribution in [0.2, 0.25) is 0 Å². The molecule has 1 aromatic carbocycles. The van der Waals surface area contributed by atoms with Crippen LogP contribution in [0.15, 0.2) is 22.7 Å². The molecule has 19 heavy (non-hydrogen) atoms. The zero-order chi connectivity index (χ0) is 14.6. The average Bonchev–Trinajstić information content (AvgIpc) is 2.25. The van der Waals surface area contributed by atoms with Gasteiger partial charge < -0.3 is 15.4 Å². The predicted molar refractivity (Wildman–Crippen MR) is 81.7 cm³/mol. The van der Waals surface area contributed by atoms with Crippen LogP contribution in [0.1, 0.15) is 27.7 Å². The van der Waals surface area contributed by atoms with Crippen molar-refractivity contribution in [3.8, 4) is 5.75 Å². The van der Waals surface area contributed by atoms with Crippen molar-refractivity contribution in [2.45, 2.75) is 39.3 Å². The minimum Gasteiger partial charge on any atom is -0.497 e. The quantitative estimate of drug-likeness (QED) is 0.892. The van der Waals surface area contributed by atoms with Gasteiger partial charge in [0.05, 0.1) is 7.11 Å². The molecule has 1 unspecified atom stereocenters. The first-order chi connectivity index (χ1) is 8.71. The summed E-state index contributed by atoms with van der Waals surface area (Å²) in [6.45, 7) is 7.70. The molecule has 1 atom stereocenters. The number of benzene rings is 1. The minimum atomic E-state index is -0.321. The van der Waals surface area contributed by atoms with E-state index in [-0.39, 0.29) is 17.5 Å². The van der Waals surface area contributed by atoms with Crippen LogP contribution in [-0.4, -0.2) is 24.6 Å². The van der Waals surface area contributed by atoms with E-state index in [0.717, 1.165) is 15.9 Å². The summed E-state index contributed by atoms with van der Waals surface area (Å²) in [6, 6.07) is 5.30. The molecular weight excluding hydrogens is 308 g/mol. The Morgan fingerprint density at radius 1 is 1.32 bits per heavy atom. The molecule has 106 valence electrons. The van der Waals surface area contributed by atoms with Crippen LogP contribution in [0.5, 0.6) is 5.75 Å². The van der Waals surface area contributed by atoms with Gasteiger partial charge in [0.1, 0.15) is 11.8 Å². The molecule has 0 radical (unpaired) electrons. The highest BCUT2D eigenvalue weighted by atomic mass is 79.9. The summed E-state index contributed by atoms with van der Waals surface area (Å²) in [6.07, 6.45) is 0. The van der Waals surface area contributed by atoms with Gasteiger partial charge in [-0.1, -0.05) is 15.9 Å². The summed E-state index contributed by atoms with van der Waals surface area (Å²) in [5.41, 5.74) is 0.602. The van der Waals surface area contributed by atoms with Gasteiger partial charge in [0, 0.05) is 21.8 Å². The molecule has 0 aliphatic heterocycles. The van der Waals surface area contributed by atoms with Gasteiger partial charge in [-0.3, -0.25) is 4.79 Å². The number of rotatable bonds is 4. The smallest absolute Gasteiger partial charge is 0.242 e. The Hall–Kier alpha value is -1.23. The average molecular weight is 329 g/mol. The number of hydrogen-bond donors (Lipinski definition) is 2. The second kappa shape index (κ2) is 6.28. The molecule has 1 aromatic rings. The zero-order valence-corrected chi connectivity index (χ0v) is 13.6. The zero-order valence-electron chi connectivity index (χ0n) is 12.0. The first kappa shape index (κ1) is 15.8. The number of ether oxygens (including phenoxy) is 1. The maximum atomic E-state index is 12.0. The lowest BCUT2D eigenvalue weighted by Gasteiger charge is -2.24. The third kappa shape index (κ3) is 5.51. The fraction of sp³-hybridized carbons (Fsp3) is 0.500. The van der Waals surface area contributed by atoms with Gasteiger partial charge in [-0.05, 0) is 39.8 Å². The van der Waals surface area contributed by atoms with Crippen molar-refractivity contribution in [2.75, 3.05) is 12.4 Å². The molecule has 0 aliphatic carbocycles. The summed E-state index contributed by atoms with van der Waals surface area (Å²) in [5.74, 6) is 0.701. The highest BCUT2D eigenvalue weighted by molar-refractivity contribution is 9.10. The fourth-order valence-corrected chi connectivity index (χ4v) is 2.03. The van der Waals surface area contributed by atoms with Gasteiger partial charge in [0.25, 0.3) is 0 Å². The van der Waals surface area contributed by atoms with E-state index in [9.17, 15) is 4.79 Å². The number of halogens is 1. The maximum Gasteiger partial charge on any atom is 0.242 e. The largest absolute Gasteiger partial charge is 0.497 e. The third-order valence-corrected chi connectivity index (χ3v) is 2.84. The van der Waals surface area contributed by atoms with Crippen molar-refractivity contribution in [2.24, 2.45) is 0 Å². The second-order valence-electron chi connectivity index (χ2n) is 5.49. The lowest BCUT2D eigenvalue weighted by Crippen LogP contribution is -2.47. The molecule has 5 heteroatoms. The first-order valence-electron chi connectivity index (χ1n) is 6.14. The molecule has 0 aromatic heterocycles. The molecule has 1 rings (SSSR count). The van der Waals surface area contributed by atoms with E-state index in [1.807, 2.05) is 45.9 Å². The SMILES string of the molecule is COc1cc(Br)cc(NC(C)C(=O)NC(C)(C)C)c1. The number of hydrogen-bond acceptors (Lipinski definition) is 3. The van der Waals surface area contributed by atoms with E-state index in [0.29, 0.717) is 0 Å². The van der Waals surface area contributed by atoms with Crippen molar-refractivity contribution < 1.29 is 9.53 Å². The molecule has 0 fully saturated rings. The Bertz CT molecular complexity index is 455. The summed E-state index contributed by atoms with van der Waals surface area (Å²) in [5, 5.41) is 6.10. The van der Waals surface area contributed by atoms with Crippen LogP contribution < -0.4 is 15.4 Å². The summed E-state index contributed by atoms with van der Waals surface area (Å²) < 4.78 is 6.09. The number of nitrogens with one attached hydrogen (secondary N) is 2. The van der Waals surface area contributed by atoms with E-state index < -0.39 is 0 Å². The van der Waals surface area contributed by atoms with Crippen molar-refractivity contribution in [3.05, 3.63) is 22.7 Å². The standard InChI is InChI=1S/C14H21BrN2O2/c1-9(13(18)17-14(2,3)4)16-11-6-10(15)7-12(8-11)19-5/h6-9,16H,1-5H3,(H,17,18). The number of anilines is 1. The Labute approximate surface area is 123 Å². The fourth-order valence-electron chi connectivity index (χ4n) is 1.56. The first-order valence-corrected chi connectivity index (χ1v) is 6.94. The predicted octanol–water partition coefficient (Wildman–Crippen LogP) is 3.17. The molecule has 0 bridgehead atoms. The molecule has 4 nitrogen and oxygen atoms in total. The number of methoxy groups -OCH3 is 1. The van der Waals surface area contributed by atoms with Gasteiger partial charge >= 0.3 is 0 Å². The molecule has 0 aliphatic rings. The van der Waals surface area contributed by atoms with Crippen molar-refractivity contribution >= 4 is 27.5 Å². The van der Waals surface area contributed by atoms with Crippen molar-refractivity contribution in [1.82, 2.24) is 5.32 Å². The normalized spacial score (nSPS) is 12.7. The highest BCUT2D eigenvalue weighted by Gasteiger charge is 2.19. The molecule has 2 N–H and O–H groups in total. The van der Waals surface area contributed by atoms with Gasteiger partial charge in [-0.2, -0.15) is 0 Å². The molecule has 0 spiro atoms. The van der Waals surface area contributed by atoms with Crippen LogP contribution in [-0.2, 0) is 4.79 Å². The van der Waals surface area contributed by atoms with Gasteiger partial charge in [0.15, 0.2) is 0 Å². The number of carbonyl (C=O) groups excluding carboxylic acids is 1. The Balaban J connectivity index is 2.74.